The number of amides is 2. The Morgan fingerprint density at radius 3 is 2.42 bits per heavy atom. The predicted octanol–water partition coefficient (Wildman–Crippen LogP) is 2.82. The van der Waals surface area contributed by atoms with Crippen molar-refractivity contribution in [2.45, 2.75) is 6.92 Å². The first kappa shape index (κ1) is 26.8. The van der Waals surface area contributed by atoms with Crippen LogP contribution in [0.15, 0.2) is 54.9 Å². The monoisotopic (exact) mass is 542 g/mol. The topological polar surface area (TPSA) is 135 Å². The maximum absolute atomic E-state index is 12.5. The Kier molecular flexibility index (Phi) is 7.97. The van der Waals surface area contributed by atoms with Gasteiger partial charge in [0.1, 0.15) is 5.52 Å². The van der Waals surface area contributed by atoms with Crippen molar-refractivity contribution < 1.29 is 19.1 Å². The predicted molar refractivity (Wildman–Crippen MR) is 152 cm³/mol. The molecule has 1 saturated heterocycles. The average Bonchev–Trinajstić information content (AvgIpc) is 2.96. The first-order valence-corrected chi connectivity index (χ1v) is 12.8. The maximum atomic E-state index is 12.5. The number of carbonyl (C=O) groups is 2. The highest BCUT2D eigenvalue weighted by atomic mass is 16.5. The molecule has 12 heteroatoms. The van der Waals surface area contributed by atoms with E-state index in [0.717, 1.165) is 11.3 Å². The lowest BCUT2D eigenvalue weighted by Gasteiger charge is -2.35. The van der Waals surface area contributed by atoms with Crippen LogP contribution in [0.5, 0.6) is 11.5 Å². The van der Waals surface area contributed by atoms with E-state index in [9.17, 15) is 9.59 Å². The van der Waals surface area contributed by atoms with Gasteiger partial charge < -0.3 is 19.7 Å². The largest absolute Gasteiger partial charge is 0.493 e. The van der Waals surface area contributed by atoms with Crippen LogP contribution in [0.4, 0.5) is 17.5 Å². The second-order valence-corrected chi connectivity index (χ2v) is 9.24. The van der Waals surface area contributed by atoms with Gasteiger partial charge in [0, 0.05) is 44.9 Å². The molecule has 206 valence electrons. The highest BCUT2D eigenvalue weighted by Gasteiger charge is 2.24. The van der Waals surface area contributed by atoms with E-state index in [0.29, 0.717) is 60.2 Å². The number of methoxy groups -OCH3 is 2. The van der Waals surface area contributed by atoms with E-state index in [1.807, 2.05) is 30.3 Å². The molecule has 0 radical (unpaired) electrons. The SMILES string of the molecule is COc1ccc(-c2ccc3nc(NC(C)=O)nc(N4CCN(CC(=O)Nc5cccnc5)CC4)c3n2)cc1OC. The molecule has 0 spiro atoms. The number of pyridine rings is 2. The van der Waals surface area contributed by atoms with Crippen LogP contribution >= 0.6 is 0 Å². The average molecular weight is 543 g/mol. The lowest BCUT2D eigenvalue weighted by atomic mass is 10.1. The number of hydrogen-bond donors (Lipinski definition) is 2. The molecule has 40 heavy (non-hydrogen) atoms. The third-order valence-corrected chi connectivity index (χ3v) is 6.48. The smallest absolute Gasteiger partial charge is 0.238 e. The van der Waals surface area contributed by atoms with Crippen LogP contribution in [0, 0.1) is 0 Å². The fourth-order valence-corrected chi connectivity index (χ4v) is 4.55. The zero-order chi connectivity index (χ0) is 28.1. The molecule has 1 aliphatic heterocycles. The number of ether oxygens (including phenoxy) is 2. The molecule has 0 aliphatic carbocycles. The first-order chi connectivity index (χ1) is 19.4. The second kappa shape index (κ2) is 11.9. The Morgan fingerprint density at radius 2 is 1.73 bits per heavy atom. The number of rotatable bonds is 8. The van der Waals surface area contributed by atoms with Gasteiger partial charge in [-0.3, -0.25) is 24.8 Å². The molecule has 0 atom stereocenters. The van der Waals surface area contributed by atoms with E-state index in [4.69, 9.17) is 14.5 Å². The van der Waals surface area contributed by atoms with Gasteiger partial charge in [0.05, 0.1) is 43.9 Å². The van der Waals surface area contributed by atoms with Crippen molar-refractivity contribution in [3.05, 3.63) is 54.9 Å². The van der Waals surface area contributed by atoms with E-state index in [1.165, 1.54) is 6.92 Å². The third-order valence-electron chi connectivity index (χ3n) is 6.48. The molecule has 3 aromatic heterocycles. The van der Waals surface area contributed by atoms with Gasteiger partial charge in [-0.2, -0.15) is 4.98 Å². The number of fused-ring (bicyclic) bond motifs is 1. The van der Waals surface area contributed by atoms with E-state index in [2.05, 4.69) is 35.4 Å². The molecular weight excluding hydrogens is 512 g/mol. The van der Waals surface area contributed by atoms with Crippen molar-refractivity contribution in [3.8, 4) is 22.8 Å². The number of piperazine rings is 1. The third kappa shape index (κ3) is 6.07. The molecule has 4 aromatic rings. The minimum atomic E-state index is -0.260. The van der Waals surface area contributed by atoms with Gasteiger partial charge in [-0.05, 0) is 42.5 Å². The van der Waals surface area contributed by atoms with Crippen LogP contribution in [0.1, 0.15) is 6.92 Å². The number of aromatic nitrogens is 4. The van der Waals surface area contributed by atoms with Crippen molar-refractivity contribution in [1.29, 1.82) is 0 Å². The summed E-state index contributed by atoms with van der Waals surface area (Å²) >= 11 is 0. The summed E-state index contributed by atoms with van der Waals surface area (Å²) < 4.78 is 10.8. The molecule has 12 nitrogen and oxygen atoms in total. The van der Waals surface area contributed by atoms with Crippen LogP contribution in [0.25, 0.3) is 22.3 Å². The molecule has 0 bridgehead atoms. The number of hydrogen-bond acceptors (Lipinski definition) is 10. The molecule has 1 aromatic carbocycles. The number of nitrogens with zero attached hydrogens (tertiary/aromatic N) is 6. The normalized spacial score (nSPS) is 13.6. The molecule has 5 rings (SSSR count). The molecule has 0 unspecified atom stereocenters. The van der Waals surface area contributed by atoms with Gasteiger partial charge in [0.25, 0.3) is 0 Å². The van der Waals surface area contributed by atoms with Gasteiger partial charge >= 0.3 is 0 Å². The van der Waals surface area contributed by atoms with Crippen LogP contribution < -0.4 is 25.0 Å². The summed E-state index contributed by atoms with van der Waals surface area (Å²) in [7, 11) is 3.18. The first-order valence-electron chi connectivity index (χ1n) is 12.8. The minimum Gasteiger partial charge on any atom is -0.493 e. The van der Waals surface area contributed by atoms with Gasteiger partial charge in [-0.15, -0.1) is 0 Å². The molecule has 1 aliphatic rings. The Morgan fingerprint density at radius 1 is 0.925 bits per heavy atom. The van der Waals surface area contributed by atoms with Gasteiger partial charge in [-0.25, -0.2) is 9.97 Å². The molecular formula is C28H30N8O4. The van der Waals surface area contributed by atoms with Gasteiger partial charge in [-0.1, -0.05) is 0 Å². The zero-order valence-electron chi connectivity index (χ0n) is 22.5. The van der Waals surface area contributed by atoms with Crippen molar-refractivity contribution in [3.63, 3.8) is 0 Å². The molecule has 2 amide bonds. The highest BCUT2D eigenvalue weighted by Crippen LogP contribution is 2.33. The molecule has 4 heterocycles. The van der Waals surface area contributed by atoms with Crippen molar-refractivity contribution in [1.82, 2.24) is 24.8 Å². The lowest BCUT2D eigenvalue weighted by molar-refractivity contribution is -0.117. The number of anilines is 3. The van der Waals surface area contributed by atoms with Crippen LogP contribution in [0.2, 0.25) is 0 Å². The summed E-state index contributed by atoms with van der Waals surface area (Å²) in [5, 5.41) is 5.57. The standard InChI is InChI=1S/C28H30N8O4/c1-18(37)30-28-33-22-8-7-21(19-6-9-23(39-2)24(15-19)40-3)32-26(22)27(34-28)36-13-11-35(12-14-36)17-25(38)31-20-5-4-10-29-16-20/h4-10,15-16H,11-14,17H2,1-3H3,(H,31,38)(H,30,33,34,37). The summed E-state index contributed by atoms with van der Waals surface area (Å²) in [6.07, 6.45) is 3.28. The molecule has 0 saturated carbocycles. The Labute approximate surface area is 231 Å². The fourth-order valence-electron chi connectivity index (χ4n) is 4.55. The summed E-state index contributed by atoms with van der Waals surface area (Å²) in [6.45, 7) is 4.22. The highest BCUT2D eigenvalue weighted by molar-refractivity contribution is 5.93. The van der Waals surface area contributed by atoms with Crippen LogP contribution in [0.3, 0.4) is 0 Å². The summed E-state index contributed by atoms with van der Waals surface area (Å²) in [6, 6.07) is 12.9. The lowest BCUT2D eigenvalue weighted by Crippen LogP contribution is -2.49. The number of benzene rings is 1. The number of nitrogens with one attached hydrogen (secondary N) is 2. The summed E-state index contributed by atoms with van der Waals surface area (Å²) in [4.78, 5) is 46.6. The van der Waals surface area contributed by atoms with Crippen molar-refractivity contribution in [2.24, 2.45) is 0 Å². The number of carbonyl (C=O) groups excluding carboxylic acids is 2. The van der Waals surface area contributed by atoms with E-state index < -0.39 is 0 Å². The van der Waals surface area contributed by atoms with E-state index in [1.54, 1.807) is 38.7 Å². The second-order valence-electron chi connectivity index (χ2n) is 9.24. The molecule has 1 fully saturated rings. The maximum Gasteiger partial charge on any atom is 0.238 e. The van der Waals surface area contributed by atoms with Crippen LogP contribution in [-0.2, 0) is 9.59 Å². The van der Waals surface area contributed by atoms with Crippen LogP contribution in [-0.4, -0.2) is 83.6 Å². The van der Waals surface area contributed by atoms with Crippen molar-refractivity contribution in [2.75, 3.05) is 62.5 Å². The summed E-state index contributed by atoms with van der Waals surface area (Å²) in [5.41, 5.74) is 3.46. The zero-order valence-corrected chi connectivity index (χ0v) is 22.5. The quantitative estimate of drug-likeness (QED) is 0.342. The van der Waals surface area contributed by atoms with Crippen molar-refractivity contribution >= 4 is 40.3 Å². The summed E-state index contributed by atoms with van der Waals surface area (Å²) in [5.74, 6) is 1.71. The van der Waals surface area contributed by atoms with Gasteiger partial charge in [0.2, 0.25) is 17.8 Å². The Hall–Kier alpha value is -4.84. The van der Waals surface area contributed by atoms with E-state index >= 15 is 0 Å². The molecule has 2 N–H and O–H groups in total. The minimum absolute atomic E-state index is 0.0943. The Bertz CT molecular complexity index is 1520. The Balaban J connectivity index is 1.39. The van der Waals surface area contributed by atoms with E-state index in [-0.39, 0.29) is 24.3 Å². The van der Waals surface area contributed by atoms with Gasteiger partial charge in [0.15, 0.2) is 17.3 Å². The fraction of sp³-hybridized carbons (Fsp3) is 0.286.